The fraction of sp³-hybridized carbons (Fsp3) is 0.588. The quantitative estimate of drug-likeness (QED) is 0.914. The van der Waals surface area contributed by atoms with E-state index in [1.807, 2.05) is 4.90 Å². The lowest BCUT2D eigenvalue weighted by Gasteiger charge is -2.28. The fourth-order valence-electron chi connectivity index (χ4n) is 3.52. The van der Waals surface area contributed by atoms with Crippen LogP contribution in [-0.4, -0.2) is 49.6 Å². The molecule has 23 heavy (non-hydrogen) atoms. The number of sulfone groups is 1. The van der Waals surface area contributed by atoms with Gasteiger partial charge < -0.3 is 10.2 Å². The highest BCUT2D eigenvalue weighted by Crippen LogP contribution is 2.29. The zero-order valence-electron chi connectivity index (χ0n) is 13.7. The molecule has 0 radical (unpaired) electrons. The first kappa shape index (κ1) is 16.5. The molecule has 0 aliphatic carbocycles. The highest BCUT2D eigenvalue weighted by atomic mass is 32.2. The van der Waals surface area contributed by atoms with Crippen molar-refractivity contribution in [2.75, 3.05) is 13.1 Å². The SMILES string of the molecule is CC(C)S(=O)(=O)c1ccc(C(=O)N2C3CCNCC2CC3)cc1. The maximum Gasteiger partial charge on any atom is 0.254 e. The average Bonchev–Trinajstić information content (AvgIpc) is 2.79. The van der Waals surface area contributed by atoms with E-state index in [1.165, 1.54) is 0 Å². The summed E-state index contributed by atoms with van der Waals surface area (Å²) in [5.41, 5.74) is 0.575. The Kier molecular flexibility index (Phi) is 4.47. The second-order valence-electron chi connectivity index (χ2n) is 6.71. The van der Waals surface area contributed by atoms with Crippen molar-refractivity contribution >= 4 is 15.7 Å². The molecule has 0 saturated carbocycles. The molecule has 6 heteroatoms. The first-order valence-corrected chi connectivity index (χ1v) is 9.83. The zero-order chi connectivity index (χ0) is 16.6. The molecule has 2 saturated heterocycles. The molecule has 2 atom stereocenters. The molecule has 1 amide bonds. The van der Waals surface area contributed by atoms with Crippen LogP contribution >= 0.6 is 0 Å². The Labute approximate surface area is 138 Å². The number of rotatable bonds is 3. The number of hydrogen-bond acceptors (Lipinski definition) is 4. The molecule has 5 nitrogen and oxygen atoms in total. The molecular formula is C17H24N2O3S. The van der Waals surface area contributed by atoms with Crippen molar-refractivity contribution in [3.63, 3.8) is 0 Å². The van der Waals surface area contributed by atoms with Crippen molar-refractivity contribution in [2.45, 2.75) is 55.3 Å². The number of hydrogen-bond donors (Lipinski definition) is 1. The summed E-state index contributed by atoms with van der Waals surface area (Å²) in [5.74, 6) is 0.0229. The Bertz CT molecular complexity index is 668. The highest BCUT2D eigenvalue weighted by Gasteiger charge is 2.38. The fourth-order valence-corrected chi connectivity index (χ4v) is 4.58. The van der Waals surface area contributed by atoms with Gasteiger partial charge in [0, 0.05) is 24.2 Å². The smallest absolute Gasteiger partial charge is 0.254 e. The van der Waals surface area contributed by atoms with Gasteiger partial charge in [-0.2, -0.15) is 0 Å². The van der Waals surface area contributed by atoms with E-state index in [0.29, 0.717) is 11.6 Å². The summed E-state index contributed by atoms with van der Waals surface area (Å²) in [4.78, 5) is 15.1. The molecule has 3 rings (SSSR count). The molecular weight excluding hydrogens is 312 g/mol. The summed E-state index contributed by atoms with van der Waals surface area (Å²) in [6.07, 6.45) is 3.10. The van der Waals surface area contributed by atoms with Crippen LogP contribution in [-0.2, 0) is 9.84 Å². The molecule has 2 aliphatic rings. The van der Waals surface area contributed by atoms with E-state index >= 15 is 0 Å². The van der Waals surface area contributed by atoms with Crippen LogP contribution in [0.15, 0.2) is 29.2 Å². The molecule has 1 aromatic carbocycles. The minimum absolute atomic E-state index is 0.0229. The lowest BCUT2D eigenvalue weighted by atomic mass is 10.1. The minimum atomic E-state index is -3.29. The topological polar surface area (TPSA) is 66.5 Å². The Balaban J connectivity index is 1.84. The lowest BCUT2D eigenvalue weighted by Crippen LogP contribution is -2.42. The number of fused-ring (bicyclic) bond motifs is 2. The van der Waals surface area contributed by atoms with E-state index in [1.54, 1.807) is 38.1 Å². The molecule has 2 fully saturated rings. The predicted octanol–water partition coefficient (Wildman–Crippen LogP) is 1.84. The highest BCUT2D eigenvalue weighted by molar-refractivity contribution is 7.92. The van der Waals surface area contributed by atoms with Gasteiger partial charge in [-0.05, 0) is 63.9 Å². The van der Waals surface area contributed by atoms with E-state index in [4.69, 9.17) is 0 Å². The van der Waals surface area contributed by atoms with E-state index in [0.717, 1.165) is 32.4 Å². The molecule has 1 aromatic rings. The summed E-state index contributed by atoms with van der Waals surface area (Å²) in [7, 11) is -3.29. The van der Waals surface area contributed by atoms with Gasteiger partial charge in [-0.25, -0.2) is 8.42 Å². The predicted molar refractivity (Wildman–Crippen MR) is 89.2 cm³/mol. The molecule has 2 unspecified atom stereocenters. The van der Waals surface area contributed by atoms with Crippen LogP contribution in [0.1, 0.15) is 43.5 Å². The largest absolute Gasteiger partial charge is 0.331 e. The van der Waals surface area contributed by atoms with Crippen molar-refractivity contribution in [3.05, 3.63) is 29.8 Å². The van der Waals surface area contributed by atoms with Gasteiger partial charge in [-0.3, -0.25) is 4.79 Å². The van der Waals surface area contributed by atoms with Gasteiger partial charge in [0.05, 0.1) is 10.1 Å². The number of carbonyl (C=O) groups excluding carboxylic acids is 1. The Morgan fingerprint density at radius 3 is 2.43 bits per heavy atom. The van der Waals surface area contributed by atoms with Crippen LogP contribution in [0.2, 0.25) is 0 Å². The van der Waals surface area contributed by atoms with Crippen molar-refractivity contribution in [2.24, 2.45) is 0 Å². The van der Waals surface area contributed by atoms with Gasteiger partial charge in [0.15, 0.2) is 9.84 Å². The van der Waals surface area contributed by atoms with E-state index < -0.39 is 15.1 Å². The van der Waals surface area contributed by atoms with Crippen molar-refractivity contribution in [1.82, 2.24) is 10.2 Å². The van der Waals surface area contributed by atoms with Crippen LogP contribution in [0.3, 0.4) is 0 Å². The Morgan fingerprint density at radius 2 is 1.78 bits per heavy atom. The van der Waals surface area contributed by atoms with Gasteiger partial charge in [-0.15, -0.1) is 0 Å². The Morgan fingerprint density at radius 1 is 1.13 bits per heavy atom. The third-order valence-corrected chi connectivity index (χ3v) is 7.11. The van der Waals surface area contributed by atoms with E-state index in [-0.39, 0.29) is 16.8 Å². The molecule has 1 N–H and O–H groups in total. The second kappa shape index (κ2) is 6.24. The van der Waals surface area contributed by atoms with Crippen LogP contribution in [0.5, 0.6) is 0 Å². The average molecular weight is 336 g/mol. The van der Waals surface area contributed by atoms with Crippen molar-refractivity contribution in [1.29, 1.82) is 0 Å². The molecule has 0 spiro atoms. The van der Waals surface area contributed by atoms with Gasteiger partial charge >= 0.3 is 0 Å². The number of nitrogens with zero attached hydrogens (tertiary/aromatic N) is 1. The van der Waals surface area contributed by atoms with Crippen LogP contribution in [0, 0.1) is 0 Å². The summed E-state index contributed by atoms with van der Waals surface area (Å²) in [5, 5.41) is 2.92. The second-order valence-corrected chi connectivity index (χ2v) is 9.21. The molecule has 2 bridgehead atoms. The van der Waals surface area contributed by atoms with Crippen LogP contribution in [0.4, 0.5) is 0 Å². The molecule has 126 valence electrons. The van der Waals surface area contributed by atoms with Crippen LogP contribution < -0.4 is 5.32 Å². The van der Waals surface area contributed by atoms with E-state index in [9.17, 15) is 13.2 Å². The number of benzene rings is 1. The maximum atomic E-state index is 12.9. The molecule has 2 aliphatic heterocycles. The van der Waals surface area contributed by atoms with Crippen molar-refractivity contribution in [3.8, 4) is 0 Å². The third kappa shape index (κ3) is 3.02. The monoisotopic (exact) mass is 336 g/mol. The van der Waals surface area contributed by atoms with Gasteiger partial charge in [-0.1, -0.05) is 0 Å². The normalized spacial score (nSPS) is 24.7. The molecule has 2 heterocycles. The van der Waals surface area contributed by atoms with E-state index in [2.05, 4.69) is 5.32 Å². The lowest BCUT2D eigenvalue weighted by molar-refractivity contribution is 0.0680. The number of amides is 1. The molecule has 0 aromatic heterocycles. The van der Waals surface area contributed by atoms with Gasteiger partial charge in [0.1, 0.15) is 0 Å². The number of nitrogens with one attached hydrogen (secondary N) is 1. The summed E-state index contributed by atoms with van der Waals surface area (Å²) in [6, 6.07) is 6.97. The van der Waals surface area contributed by atoms with Gasteiger partial charge in [0.2, 0.25) is 0 Å². The summed E-state index contributed by atoms with van der Waals surface area (Å²) < 4.78 is 24.3. The first-order valence-electron chi connectivity index (χ1n) is 8.28. The minimum Gasteiger partial charge on any atom is -0.331 e. The van der Waals surface area contributed by atoms with Crippen LogP contribution in [0.25, 0.3) is 0 Å². The first-order chi connectivity index (χ1) is 10.9. The number of carbonyl (C=O) groups is 1. The third-order valence-electron chi connectivity index (χ3n) is 4.94. The maximum absolute atomic E-state index is 12.9. The summed E-state index contributed by atoms with van der Waals surface area (Å²) >= 11 is 0. The summed E-state index contributed by atoms with van der Waals surface area (Å²) in [6.45, 7) is 5.13. The van der Waals surface area contributed by atoms with Crippen molar-refractivity contribution < 1.29 is 13.2 Å². The standard InChI is InChI=1S/C17H24N2O3S/c1-12(2)23(21,22)16-7-3-13(4-8-16)17(20)19-14-5-6-15(19)11-18-10-9-14/h3-4,7-8,12,14-15,18H,5-6,9-11H2,1-2H3. The zero-order valence-corrected chi connectivity index (χ0v) is 14.5. The van der Waals surface area contributed by atoms with Gasteiger partial charge in [0.25, 0.3) is 5.91 Å². The Hall–Kier alpha value is -1.40.